The number of ether oxygens (including phenoxy) is 1. The summed E-state index contributed by atoms with van der Waals surface area (Å²) in [5.74, 6) is -0.749. The Bertz CT molecular complexity index is 1040. The summed E-state index contributed by atoms with van der Waals surface area (Å²) in [6.45, 7) is 3.90. The van der Waals surface area contributed by atoms with Crippen LogP contribution in [0.3, 0.4) is 0 Å². The van der Waals surface area contributed by atoms with Gasteiger partial charge in [0.2, 0.25) is 11.3 Å². The molecule has 0 atom stereocenters. The molecule has 0 aliphatic carbocycles. The molecule has 3 aromatic rings. The van der Waals surface area contributed by atoms with Crippen molar-refractivity contribution in [2.24, 2.45) is 0 Å². The van der Waals surface area contributed by atoms with Crippen LogP contribution in [0.4, 0.5) is 10.1 Å². The molecular formula is C22H21FN2O3. The smallest absolute Gasteiger partial charge is 0.244 e. The normalized spacial score (nSPS) is 10.5. The van der Waals surface area contributed by atoms with Crippen LogP contribution in [0.25, 0.3) is 0 Å². The van der Waals surface area contributed by atoms with Gasteiger partial charge in [-0.05, 0) is 31.5 Å². The Morgan fingerprint density at radius 3 is 2.54 bits per heavy atom. The molecule has 5 nitrogen and oxygen atoms in total. The lowest BCUT2D eigenvalue weighted by molar-refractivity contribution is -0.116. The van der Waals surface area contributed by atoms with E-state index >= 15 is 0 Å². The first-order chi connectivity index (χ1) is 13.4. The average molecular weight is 380 g/mol. The lowest BCUT2D eigenvalue weighted by Gasteiger charge is -2.14. The van der Waals surface area contributed by atoms with Crippen molar-refractivity contribution in [1.29, 1.82) is 0 Å². The summed E-state index contributed by atoms with van der Waals surface area (Å²) in [6.07, 6.45) is 1.51. The predicted octanol–water partition coefficient (Wildman–Crippen LogP) is 3.82. The van der Waals surface area contributed by atoms with E-state index < -0.39 is 11.7 Å². The second-order valence-electron chi connectivity index (χ2n) is 6.57. The van der Waals surface area contributed by atoms with E-state index in [0.29, 0.717) is 5.69 Å². The number of amides is 1. The number of nitrogens with one attached hydrogen (secondary N) is 1. The van der Waals surface area contributed by atoms with Gasteiger partial charge in [0.15, 0.2) is 5.75 Å². The number of carbonyl (C=O) groups is 1. The van der Waals surface area contributed by atoms with Crippen LogP contribution in [-0.2, 0) is 17.9 Å². The fraction of sp³-hybridized carbons (Fsp3) is 0.182. The van der Waals surface area contributed by atoms with E-state index in [1.165, 1.54) is 24.4 Å². The average Bonchev–Trinajstić information content (AvgIpc) is 2.66. The molecule has 1 heterocycles. The molecular weight excluding hydrogens is 359 g/mol. The van der Waals surface area contributed by atoms with E-state index in [1.807, 2.05) is 31.2 Å². The number of aromatic nitrogens is 1. The van der Waals surface area contributed by atoms with Gasteiger partial charge in [0.1, 0.15) is 19.0 Å². The number of hydrogen-bond acceptors (Lipinski definition) is 3. The lowest BCUT2D eigenvalue weighted by Crippen LogP contribution is -2.22. The van der Waals surface area contributed by atoms with E-state index in [9.17, 15) is 14.0 Å². The highest BCUT2D eigenvalue weighted by Crippen LogP contribution is 2.14. The standard InChI is InChI=1S/C22H21FN2O3/c1-15-7-9-17(10-8-15)14-28-21-12-25(16(2)11-20(21)26)13-22(27)24-19-6-4-3-5-18(19)23/h3-12H,13-14H2,1-2H3,(H,24,27). The molecule has 0 aliphatic rings. The molecule has 0 bridgehead atoms. The fourth-order valence-electron chi connectivity index (χ4n) is 2.68. The van der Waals surface area contributed by atoms with Crippen LogP contribution >= 0.6 is 0 Å². The van der Waals surface area contributed by atoms with Crippen LogP contribution < -0.4 is 15.5 Å². The Hall–Kier alpha value is -3.41. The maximum atomic E-state index is 13.7. The van der Waals surface area contributed by atoms with Crippen molar-refractivity contribution in [1.82, 2.24) is 4.57 Å². The number of rotatable bonds is 6. The van der Waals surface area contributed by atoms with Crippen LogP contribution in [0.15, 0.2) is 65.6 Å². The predicted molar refractivity (Wildman–Crippen MR) is 106 cm³/mol. The molecule has 3 rings (SSSR count). The van der Waals surface area contributed by atoms with E-state index in [2.05, 4.69) is 5.32 Å². The zero-order valence-corrected chi connectivity index (χ0v) is 15.7. The molecule has 0 spiro atoms. The minimum absolute atomic E-state index is 0.0681. The van der Waals surface area contributed by atoms with E-state index in [0.717, 1.165) is 11.1 Å². The van der Waals surface area contributed by atoms with E-state index in [-0.39, 0.29) is 30.0 Å². The molecule has 0 aliphatic heterocycles. The fourth-order valence-corrected chi connectivity index (χ4v) is 2.68. The van der Waals surface area contributed by atoms with Gasteiger partial charge in [0.05, 0.1) is 11.9 Å². The van der Waals surface area contributed by atoms with Crippen molar-refractivity contribution in [3.63, 3.8) is 0 Å². The molecule has 0 saturated carbocycles. The number of pyridine rings is 1. The molecule has 1 N–H and O–H groups in total. The quantitative estimate of drug-likeness (QED) is 0.707. The Balaban J connectivity index is 1.71. The maximum Gasteiger partial charge on any atom is 0.244 e. The molecule has 1 aromatic heterocycles. The highest BCUT2D eigenvalue weighted by atomic mass is 19.1. The van der Waals surface area contributed by atoms with Crippen molar-refractivity contribution in [3.8, 4) is 5.75 Å². The molecule has 144 valence electrons. The van der Waals surface area contributed by atoms with Crippen LogP contribution in [0.1, 0.15) is 16.8 Å². The number of para-hydroxylation sites is 1. The first-order valence-electron chi connectivity index (χ1n) is 8.86. The van der Waals surface area contributed by atoms with Gasteiger partial charge in [-0.1, -0.05) is 42.0 Å². The van der Waals surface area contributed by atoms with E-state index in [4.69, 9.17) is 4.74 Å². The van der Waals surface area contributed by atoms with Crippen molar-refractivity contribution in [2.45, 2.75) is 27.0 Å². The largest absolute Gasteiger partial charge is 0.483 e. The summed E-state index contributed by atoms with van der Waals surface area (Å²) >= 11 is 0. The summed E-state index contributed by atoms with van der Waals surface area (Å²) < 4.78 is 20.9. The van der Waals surface area contributed by atoms with Crippen LogP contribution in [0.2, 0.25) is 0 Å². The third-order valence-corrected chi connectivity index (χ3v) is 4.29. The number of aryl methyl sites for hydroxylation is 2. The van der Waals surface area contributed by atoms with Gasteiger partial charge < -0.3 is 14.6 Å². The third kappa shape index (κ3) is 4.85. The Morgan fingerprint density at radius 1 is 1.11 bits per heavy atom. The van der Waals surface area contributed by atoms with Gasteiger partial charge in [-0.15, -0.1) is 0 Å². The monoisotopic (exact) mass is 380 g/mol. The minimum Gasteiger partial charge on any atom is -0.483 e. The molecule has 0 unspecified atom stereocenters. The summed E-state index contributed by atoms with van der Waals surface area (Å²) in [7, 11) is 0. The molecule has 1 amide bonds. The van der Waals surface area contributed by atoms with Gasteiger partial charge in [-0.2, -0.15) is 0 Å². The first kappa shape index (κ1) is 19.4. The molecule has 0 fully saturated rings. The molecule has 2 aromatic carbocycles. The number of hydrogen-bond donors (Lipinski definition) is 1. The van der Waals surface area contributed by atoms with Crippen molar-refractivity contribution in [2.75, 3.05) is 5.32 Å². The highest BCUT2D eigenvalue weighted by molar-refractivity contribution is 5.90. The Kier molecular flexibility index (Phi) is 5.89. The number of halogens is 1. The number of nitrogens with zero attached hydrogens (tertiary/aromatic N) is 1. The third-order valence-electron chi connectivity index (χ3n) is 4.29. The Morgan fingerprint density at radius 2 is 1.82 bits per heavy atom. The Labute approximate surface area is 162 Å². The second-order valence-corrected chi connectivity index (χ2v) is 6.57. The number of benzene rings is 2. The van der Waals surface area contributed by atoms with E-state index in [1.54, 1.807) is 23.6 Å². The topological polar surface area (TPSA) is 60.3 Å². The summed E-state index contributed by atoms with van der Waals surface area (Å²) in [4.78, 5) is 24.5. The summed E-state index contributed by atoms with van der Waals surface area (Å²) in [6, 6.07) is 15.2. The maximum absolute atomic E-state index is 13.7. The first-order valence-corrected chi connectivity index (χ1v) is 8.86. The van der Waals surface area contributed by atoms with Gasteiger partial charge in [0, 0.05) is 11.8 Å². The summed E-state index contributed by atoms with van der Waals surface area (Å²) in [5.41, 5.74) is 2.55. The van der Waals surface area contributed by atoms with Crippen molar-refractivity contribution >= 4 is 11.6 Å². The van der Waals surface area contributed by atoms with Crippen LogP contribution in [0, 0.1) is 19.7 Å². The van der Waals surface area contributed by atoms with Crippen molar-refractivity contribution in [3.05, 3.63) is 93.7 Å². The number of anilines is 1. The zero-order chi connectivity index (χ0) is 20.1. The van der Waals surface area contributed by atoms with Crippen molar-refractivity contribution < 1.29 is 13.9 Å². The van der Waals surface area contributed by atoms with Gasteiger partial charge in [-0.3, -0.25) is 9.59 Å². The molecule has 0 radical (unpaired) electrons. The second kappa shape index (κ2) is 8.52. The zero-order valence-electron chi connectivity index (χ0n) is 15.7. The minimum atomic E-state index is -0.505. The molecule has 28 heavy (non-hydrogen) atoms. The number of carbonyl (C=O) groups excluding carboxylic acids is 1. The van der Waals surface area contributed by atoms with Gasteiger partial charge >= 0.3 is 0 Å². The summed E-state index contributed by atoms with van der Waals surface area (Å²) in [5, 5.41) is 2.53. The lowest BCUT2D eigenvalue weighted by atomic mass is 10.2. The van der Waals surface area contributed by atoms with Crippen LogP contribution in [-0.4, -0.2) is 10.5 Å². The van der Waals surface area contributed by atoms with Crippen LogP contribution in [0.5, 0.6) is 5.75 Å². The molecule has 6 heteroatoms. The van der Waals surface area contributed by atoms with Gasteiger partial charge in [0.25, 0.3) is 0 Å². The SMILES string of the molecule is Cc1ccc(COc2cn(CC(=O)Nc3ccccc3F)c(C)cc2=O)cc1. The molecule has 0 saturated heterocycles. The van der Waals surface area contributed by atoms with Gasteiger partial charge in [-0.25, -0.2) is 4.39 Å². The highest BCUT2D eigenvalue weighted by Gasteiger charge is 2.11.